The zero-order valence-electron chi connectivity index (χ0n) is 18.7. The molecule has 0 aliphatic carbocycles. The lowest BCUT2D eigenvalue weighted by Gasteiger charge is -2.25. The van der Waals surface area contributed by atoms with Gasteiger partial charge in [0.25, 0.3) is 0 Å². The van der Waals surface area contributed by atoms with Gasteiger partial charge in [-0.25, -0.2) is 0 Å². The van der Waals surface area contributed by atoms with Gasteiger partial charge in [0, 0.05) is 18.8 Å². The van der Waals surface area contributed by atoms with Crippen molar-refractivity contribution in [3.63, 3.8) is 0 Å². The molecule has 1 rings (SSSR count). The lowest BCUT2D eigenvalue weighted by atomic mass is 10.1. The predicted octanol–water partition coefficient (Wildman–Crippen LogP) is 8.54. The van der Waals surface area contributed by atoms with Crippen molar-refractivity contribution in [1.29, 1.82) is 0 Å². The standard InChI is InChI=1S/C25H43NS2/c1-4-6-8-10-12-14-20-26(21-15-13-11-9-7-5-2)25(27)28-22-24-18-16-23(3)17-19-24/h16-19H,4-15,20-22H2,1-3H3. The average Bonchev–Trinajstić information content (AvgIpc) is 2.70. The lowest BCUT2D eigenvalue weighted by Crippen LogP contribution is -2.29. The van der Waals surface area contributed by atoms with E-state index in [9.17, 15) is 0 Å². The first kappa shape index (κ1) is 25.5. The van der Waals surface area contributed by atoms with Gasteiger partial charge in [0.05, 0.1) is 0 Å². The summed E-state index contributed by atoms with van der Waals surface area (Å²) in [6, 6.07) is 8.86. The number of rotatable bonds is 16. The summed E-state index contributed by atoms with van der Waals surface area (Å²) in [5.41, 5.74) is 2.70. The highest BCUT2D eigenvalue weighted by Gasteiger charge is 2.10. The Balaban J connectivity index is 2.37. The average molecular weight is 422 g/mol. The quantitative estimate of drug-likeness (QED) is 0.194. The molecule has 160 valence electrons. The van der Waals surface area contributed by atoms with Crippen LogP contribution < -0.4 is 0 Å². The van der Waals surface area contributed by atoms with Crippen molar-refractivity contribution in [1.82, 2.24) is 4.90 Å². The molecule has 0 aliphatic rings. The third kappa shape index (κ3) is 12.8. The Bertz CT molecular complexity index is 482. The monoisotopic (exact) mass is 421 g/mol. The largest absolute Gasteiger partial charge is 0.358 e. The Morgan fingerprint density at radius 2 is 1.21 bits per heavy atom. The molecule has 0 N–H and O–H groups in total. The molecule has 0 radical (unpaired) electrons. The van der Waals surface area contributed by atoms with E-state index in [1.807, 2.05) is 11.8 Å². The summed E-state index contributed by atoms with van der Waals surface area (Å²) in [5.74, 6) is 0.989. The van der Waals surface area contributed by atoms with Crippen LogP contribution in [0.3, 0.4) is 0 Å². The Kier molecular flexibility index (Phi) is 15.8. The number of unbranched alkanes of at least 4 members (excludes halogenated alkanes) is 10. The van der Waals surface area contributed by atoms with E-state index < -0.39 is 0 Å². The minimum absolute atomic E-state index is 0.989. The summed E-state index contributed by atoms with van der Waals surface area (Å²) in [4.78, 5) is 2.49. The molecule has 0 spiro atoms. The molecule has 0 saturated heterocycles. The van der Waals surface area contributed by atoms with Crippen LogP contribution in [0.25, 0.3) is 0 Å². The van der Waals surface area contributed by atoms with Crippen molar-refractivity contribution in [2.45, 2.75) is 104 Å². The van der Waals surface area contributed by atoms with Crippen molar-refractivity contribution in [3.8, 4) is 0 Å². The molecule has 0 amide bonds. The van der Waals surface area contributed by atoms with Crippen LogP contribution in [0, 0.1) is 6.92 Å². The van der Waals surface area contributed by atoms with E-state index in [-0.39, 0.29) is 0 Å². The Hall–Kier alpha value is -0.540. The minimum Gasteiger partial charge on any atom is -0.358 e. The maximum atomic E-state index is 5.83. The van der Waals surface area contributed by atoms with Crippen LogP contribution in [-0.2, 0) is 5.75 Å². The van der Waals surface area contributed by atoms with Gasteiger partial charge in [-0.3, -0.25) is 0 Å². The summed E-state index contributed by atoms with van der Waals surface area (Å²) in [6.45, 7) is 8.99. The maximum Gasteiger partial charge on any atom is 0.136 e. The number of hydrogen-bond acceptors (Lipinski definition) is 2. The highest BCUT2D eigenvalue weighted by atomic mass is 32.2. The van der Waals surface area contributed by atoms with Crippen LogP contribution in [0.4, 0.5) is 0 Å². The number of aryl methyl sites for hydroxylation is 1. The first-order chi connectivity index (χ1) is 13.7. The second kappa shape index (κ2) is 17.3. The van der Waals surface area contributed by atoms with E-state index in [0.29, 0.717) is 0 Å². The SMILES string of the molecule is CCCCCCCCN(CCCCCCCC)C(=S)SCc1ccc(C)cc1. The smallest absolute Gasteiger partial charge is 0.136 e. The Morgan fingerprint density at radius 1 is 0.750 bits per heavy atom. The first-order valence-electron chi connectivity index (χ1n) is 11.6. The maximum absolute atomic E-state index is 5.83. The summed E-state index contributed by atoms with van der Waals surface area (Å²) >= 11 is 7.67. The van der Waals surface area contributed by atoms with Crippen LogP contribution in [0.5, 0.6) is 0 Å². The molecular weight excluding hydrogens is 378 g/mol. The topological polar surface area (TPSA) is 3.24 Å². The fraction of sp³-hybridized carbons (Fsp3) is 0.720. The molecule has 3 heteroatoms. The summed E-state index contributed by atoms with van der Waals surface area (Å²) in [6.07, 6.45) is 16.2. The normalized spacial score (nSPS) is 11.0. The number of hydrogen-bond donors (Lipinski definition) is 0. The van der Waals surface area contributed by atoms with Crippen molar-refractivity contribution in [2.24, 2.45) is 0 Å². The molecular formula is C25H43NS2. The van der Waals surface area contributed by atoms with Gasteiger partial charge in [-0.05, 0) is 25.3 Å². The van der Waals surface area contributed by atoms with E-state index in [1.165, 1.54) is 88.2 Å². The molecule has 1 aromatic carbocycles. The Labute approximate surface area is 185 Å². The highest BCUT2D eigenvalue weighted by Crippen LogP contribution is 2.19. The Morgan fingerprint density at radius 3 is 1.71 bits per heavy atom. The molecule has 0 bridgehead atoms. The van der Waals surface area contributed by atoms with Crippen LogP contribution in [0.1, 0.15) is 102 Å². The van der Waals surface area contributed by atoms with Gasteiger partial charge < -0.3 is 4.90 Å². The van der Waals surface area contributed by atoms with Gasteiger partial charge in [0.2, 0.25) is 0 Å². The molecule has 0 unspecified atom stereocenters. The summed E-state index contributed by atoms with van der Waals surface area (Å²) < 4.78 is 1.10. The third-order valence-electron chi connectivity index (χ3n) is 5.30. The van der Waals surface area contributed by atoms with Gasteiger partial charge in [-0.15, -0.1) is 0 Å². The van der Waals surface area contributed by atoms with E-state index in [0.717, 1.165) is 23.2 Å². The summed E-state index contributed by atoms with van der Waals surface area (Å²) in [5, 5.41) is 0. The molecule has 0 fully saturated rings. The number of thioether (sulfide) groups is 1. The number of thiocarbonyl (C=S) groups is 1. The van der Waals surface area contributed by atoms with E-state index in [2.05, 4.69) is 49.9 Å². The van der Waals surface area contributed by atoms with Gasteiger partial charge >= 0.3 is 0 Å². The zero-order chi connectivity index (χ0) is 20.5. The molecule has 0 saturated carbocycles. The molecule has 0 aliphatic heterocycles. The zero-order valence-corrected chi connectivity index (χ0v) is 20.3. The second-order valence-corrected chi connectivity index (χ2v) is 9.67. The van der Waals surface area contributed by atoms with Crippen LogP contribution in [0.2, 0.25) is 0 Å². The fourth-order valence-corrected chi connectivity index (χ4v) is 4.59. The first-order valence-corrected chi connectivity index (χ1v) is 13.0. The van der Waals surface area contributed by atoms with Crippen molar-refractivity contribution < 1.29 is 0 Å². The van der Waals surface area contributed by atoms with Crippen LogP contribution in [0.15, 0.2) is 24.3 Å². The second-order valence-electron chi connectivity index (χ2n) is 8.06. The van der Waals surface area contributed by atoms with Crippen LogP contribution in [-0.4, -0.2) is 22.3 Å². The van der Waals surface area contributed by atoms with E-state index in [4.69, 9.17) is 12.2 Å². The van der Waals surface area contributed by atoms with Crippen molar-refractivity contribution >= 4 is 28.3 Å². The van der Waals surface area contributed by atoms with Crippen molar-refractivity contribution in [3.05, 3.63) is 35.4 Å². The molecule has 0 atom stereocenters. The summed E-state index contributed by atoms with van der Waals surface area (Å²) in [7, 11) is 0. The lowest BCUT2D eigenvalue weighted by molar-refractivity contribution is 0.395. The molecule has 0 aromatic heterocycles. The van der Waals surface area contributed by atoms with Gasteiger partial charge in [-0.2, -0.15) is 0 Å². The van der Waals surface area contributed by atoms with Gasteiger partial charge in [-0.1, -0.05) is 132 Å². The minimum atomic E-state index is 0.989. The van der Waals surface area contributed by atoms with Gasteiger partial charge in [0.15, 0.2) is 0 Å². The number of nitrogens with zero attached hydrogens (tertiary/aromatic N) is 1. The van der Waals surface area contributed by atoms with E-state index >= 15 is 0 Å². The number of benzene rings is 1. The molecule has 28 heavy (non-hydrogen) atoms. The molecule has 1 aromatic rings. The fourth-order valence-electron chi connectivity index (χ4n) is 3.38. The van der Waals surface area contributed by atoms with Gasteiger partial charge in [0.1, 0.15) is 4.32 Å². The predicted molar refractivity (Wildman–Crippen MR) is 133 cm³/mol. The van der Waals surface area contributed by atoms with Crippen LogP contribution >= 0.6 is 24.0 Å². The highest BCUT2D eigenvalue weighted by molar-refractivity contribution is 8.22. The van der Waals surface area contributed by atoms with E-state index in [1.54, 1.807) is 0 Å². The van der Waals surface area contributed by atoms with Crippen molar-refractivity contribution in [2.75, 3.05) is 13.1 Å². The third-order valence-corrected chi connectivity index (χ3v) is 6.90. The molecule has 1 nitrogen and oxygen atoms in total. The molecule has 0 heterocycles.